The van der Waals surface area contributed by atoms with Crippen LogP contribution in [0.1, 0.15) is 5.56 Å². The molecule has 0 aromatic heterocycles. The lowest BCUT2D eigenvalue weighted by atomic mass is 10.2. The summed E-state index contributed by atoms with van der Waals surface area (Å²) in [7, 11) is 0. The van der Waals surface area contributed by atoms with E-state index in [1.165, 1.54) is 0 Å². The first-order valence-electron chi connectivity index (χ1n) is 3.14. The van der Waals surface area contributed by atoms with Gasteiger partial charge < -0.3 is 5.11 Å². The zero-order valence-corrected chi connectivity index (χ0v) is 7.23. The number of hydrogen-bond donors (Lipinski definition) is 1. The number of hydrogen-bond acceptors (Lipinski definition) is 1. The minimum atomic E-state index is -0.0277. The monoisotopic (exact) mass is 189 g/mol. The molecule has 0 spiro atoms. The van der Waals surface area contributed by atoms with Gasteiger partial charge in [-0.25, -0.2) is 0 Å². The molecule has 1 nitrogen and oxygen atoms in total. The third kappa shape index (κ3) is 2.09. The Kier molecular flexibility index (Phi) is 3.18. The second-order valence-electron chi connectivity index (χ2n) is 2.03. The summed E-state index contributed by atoms with van der Waals surface area (Å²) in [6.45, 7) is -0.0277. The van der Waals surface area contributed by atoms with Crippen molar-refractivity contribution in [3.63, 3.8) is 0 Å². The molecule has 1 aromatic rings. The zero-order valence-electron chi connectivity index (χ0n) is 5.72. The molecular weight excluding hydrogens is 183 g/mol. The molecule has 0 amide bonds. The molecule has 0 aliphatic heterocycles. The predicted molar refractivity (Wildman–Crippen MR) is 46.9 cm³/mol. The molecule has 0 saturated carbocycles. The van der Waals surface area contributed by atoms with Crippen molar-refractivity contribution >= 4 is 23.2 Å². The van der Waals surface area contributed by atoms with Gasteiger partial charge in [-0.2, -0.15) is 0 Å². The van der Waals surface area contributed by atoms with Gasteiger partial charge in [0.15, 0.2) is 0 Å². The molecule has 59 valence electrons. The molecule has 0 aliphatic carbocycles. The Bertz CT molecular complexity index is 248. The lowest BCUT2D eigenvalue weighted by molar-refractivity contribution is 0.331. The molecule has 0 unspecified atom stereocenters. The van der Waals surface area contributed by atoms with Gasteiger partial charge in [-0.15, -0.1) is 0 Å². The van der Waals surface area contributed by atoms with Crippen LogP contribution in [0.2, 0.25) is 10.0 Å². The second kappa shape index (κ2) is 3.96. The van der Waals surface area contributed by atoms with Crippen LogP contribution in [0, 0.1) is 6.42 Å². The van der Waals surface area contributed by atoms with Crippen LogP contribution in [0.3, 0.4) is 0 Å². The Morgan fingerprint density at radius 2 is 2.09 bits per heavy atom. The number of rotatable bonds is 2. The quantitative estimate of drug-likeness (QED) is 0.759. The Labute approximate surface area is 75.6 Å². The van der Waals surface area contributed by atoms with E-state index in [4.69, 9.17) is 28.3 Å². The lowest BCUT2D eigenvalue weighted by Crippen LogP contribution is -1.88. The maximum Gasteiger partial charge on any atom is 0.0628 e. The molecule has 11 heavy (non-hydrogen) atoms. The van der Waals surface area contributed by atoms with Gasteiger partial charge >= 0.3 is 0 Å². The van der Waals surface area contributed by atoms with E-state index in [1.54, 1.807) is 24.6 Å². The van der Waals surface area contributed by atoms with E-state index in [-0.39, 0.29) is 6.61 Å². The fourth-order valence-corrected chi connectivity index (χ4v) is 1.16. The minimum absolute atomic E-state index is 0.0277. The largest absolute Gasteiger partial charge is 0.396 e. The van der Waals surface area contributed by atoms with Crippen molar-refractivity contribution in [1.29, 1.82) is 0 Å². The first-order chi connectivity index (χ1) is 5.25. The van der Waals surface area contributed by atoms with E-state index >= 15 is 0 Å². The van der Waals surface area contributed by atoms with E-state index < -0.39 is 0 Å². The van der Waals surface area contributed by atoms with Crippen LogP contribution >= 0.6 is 23.2 Å². The highest BCUT2D eigenvalue weighted by molar-refractivity contribution is 6.42. The Morgan fingerprint density at radius 1 is 1.36 bits per heavy atom. The zero-order chi connectivity index (χ0) is 8.27. The highest BCUT2D eigenvalue weighted by Gasteiger charge is 2.02. The number of aliphatic hydroxyl groups is 1. The number of benzene rings is 1. The van der Waals surface area contributed by atoms with E-state index in [1.807, 2.05) is 0 Å². The minimum Gasteiger partial charge on any atom is -0.396 e. The van der Waals surface area contributed by atoms with Crippen LogP contribution < -0.4 is 0 Å². The smallest absolute Gasteiger partial charge is 0.0628 e. The Morgan fingerprint density at radius 3 is 2.73 bits per heavy atom. The first kappa shape index (κ1) is 8.85. The molecular formula is C8H7Cl2O. The van der Waals surface area contributed by atoms with Crippen LogP contribution in [-0.2, 0) is 0 Å². The van der Waals surface area contributed by atoms with Crippen LogP contribution in [0.5, 0.6) is 0 Å². The van der Waals surface area contributed by atoms with E-state index in [2.05, 4.69) is 0 Å². The van der Waals surface area contributed by atoms with Crippen LogP contribution in [-0.4, -0.2) is 11.7 Å². The fourth-order valence-electron chi connectivity index (χ4n) is 0.776. The number of aliphatic hydroxyl groups excluding tert-OH is 1. The summed E-state index contributed by atoms with van der Waals surface area (Å²) in [5, 5.41) is 9.58. The molecule has 1 rings (SSSR count). The van der Waals surface area contributed by atoms with Crippen LogP contribution in [0.4, 0.5) is 0 Å². The summed E-state index contributed by atoms with van der Waals surface area (Å²) in [4.78, 5) is 0. The van der Waals surface area contributed by atoms with Crippen molar-refractivity contribution in [3.05, 3.63) is 40.2 Å². The third-order valence-corrected chi connectivity index (χ3v) is 2.13. The topological polar surface area (TPSA) is 20.2 Å². The van der Waals surface area contributed by atoms with E-state index in [9.17, 15) is 0 Å². The molecule has 0 saturated heterocycles. The summed E-state index contributed by atoms with van der Waals surface area (Å²) in [5.74, 6) is 0. The lowest BCUT2D eigenvalue weighted by Gasteiger charge is -2.01. The summed E-state index contributed by atoms with van der Waals surface area (Å²) in [6.07, 6.45) is 1.61. The summed E-state index contributed by atoms with van der Waals surface area (Å²) in [6, 6.07) is 5.29. The summed E-state index contributed by atoms with van der Waals surface area (Å²) >= 11 is 11.5. The van der Waals surface area contributed by atoms with E-state index in [0.717, 1.165) is 5.56 Å². The average molecular weight is 190 g/mol. The SMILES string of the molecule is OC[CH]c1cccc(Cl)c1Cl. The molecule has 0 atom stereocenters. The van der Waals surface area contributed by atoms with Crippen LogP contribution in [0.25, 0.3) is 0 Å². The molecule has 3 heteroatoms. The van der Waals surface area contributed by atoms with Gasteiger partial charge in [0.1, 0.15) is 0 Å². The summed E-state index contributed by atoms with van der Waals surface area (Å²) in [5.41, 5.74) is 0.765. The fraction of sp³-hybridized carbons (Fsp3) is 0.125. The van der Waals surface area contributed by atoms with Gasteiger partial charge in [0.2, 0.25) is 0 Å². The van der Waals surface area contributed by atoms with Crippen molar-refractivity contribution < 1.29 is 5.11 Å². The second-order valence-corrected chi connectivity index (χ2v) is 2.81. The molecule has 1 aromatic carbocycles. The first-order valence-corrected chi connectivity index (χ1v) is 3.89. The molecule has 1 radical (unpaired) electrons. The maximum atomic E-state index is 8.58. The van der Waals surface area contributed by atoms with Crippen molar-refractivity contribution in [3.8, 4) is 0 Å². The highest BCUT2D eigenvalue weighted by Crippen LogP contribution is 2.26. The summed E-state index contributed by atoms with van der Waals surface area (Å²) < 4.78 is 0. The van der Waals surface area contributed by atoms with Crippen molar-refractivity contribution in [1.82, 2.24) is 0 Å². The third-order valence-electron chi connectivity index (χ3n) is 1.29. The van der Waals surface area contributed by atoms with Gasteiger partial charge in [-0.05, 0) is 11.6 Å². The number of halogens is 2. The molecule has 0 aliphatic rings. The molecule has 1 N–H and O–H groups in total. The highest BCUT2D eigenvalue weighted by atomic mass is 35.5. The maximum absolute atomic E-state index is 8.58. The van der Waals surface area contributed by atoms with Crippen molar-refractivity contribution in [2.75, 3.05) is 6.61 Å². The van der Waals surface area contributed by atoms with Gasteiger partial charge in [0.05, 0.1) is 16.7 Å². The van der Waals surface area contributed by atoms with Crippen molar-refractivity contribution in [2.24, 2.45) is 0 Å². The van der Waals surface area contributed by atoms with Gasteiger partial charge in [-0.1, -0.05) is 35.3 Å². The molecule has 0 heterocycles. The van der Waals surface area contributed by atoms with E-state index in [0.29, 0.717) is 10.0 Å². The van der Waals surface area contributed by atoms with Gasteiger partial charge in [0.25, 0.3) is 0 Å². The van der Waals surface area contributed by atoms with Gasteiger partial charge in [0, 0.05) is 6.42 Å². The Balaban J connectivity index is 2.96. The van der Waals surface area contributed by atoms with Crippen molar-refractivity contribution in [2.45, 2.75) is 0 Å². The normalized spacial score (nSPS) is 10.1. The van der Waals surface area contributed by atoms with Gasteiger partial charge in [-0.3, -0.25) is 0 Å². The standard InChI is InChI=1S/C8H7Cl2O/c9-7-3-1-2-6(4-5-11)8(7)10/h1-4,11H,5H2. The predicted octanol–water partition coefficient (Wildman–Crippen LogP) is 2.54. The molecule has 0 bridgehead atoms. The molecule has 0 fully saturated rings. The average Bonchev–Trinajstić information content (AvgIpc) is 1.99. The Hall–Kier alpha value is -0.240. The van der Waals surface area contributed by atoms with Crippen LogP contribution in [0.15, 0.2) is 18.2 Å².